The second kappa shape index (κ2) is 4.55. The van der Waals surface area contributed by atoms with Crippen LogP contribution in [0.25, 0.3) is 0 Å². The molecular weight excluding hydrogens is 249 g/mol. The normalized spacial score (nSPS) is 10.4. The molecule has 0 fully saturated rings. The number of para-hydroxylation sites is 1. The number of halogens is 2. The molecule has 0 aliphatic rings. The van der Waals surface area contributed by atoms with Gasteiger partial charge in [0.25, 0.3) is 0 Å². The lowest BCUT2D eigenvalue weighted by Gasteiger charge is -2.09. The smallest absolute Gasteiger partial charge is 0.227 e. The van der Waals surface area contributed by atoms with Gasteiger partial charge in [0, 0.05) is 10.4 Å². The second-order valence-corrected chi connectivity index (χ2v) is 4.09. The van der Waals surface area contributed by atoms with Gasteiger partial charge in [-0.2, -0.15) is 0 Å². The van der Waals surface area contributed by atoms with E-state index in [2.05, 4.69) is 21.2 Å². The minimum absolute atomic E-state index is 0.165. The Morgan fingerprint density at radius 3 is 2.64 bits per heavy atom. The zero-order valence-corrected chi connectivity index (χ0v) is 9.56. The van der Waals surface area contributed by atoms with Crippen molar-refractivity contribution in [1.82, 2.24) is 0 Å². The van der Waals surface area contributed by atoms with Crippen LogP contribution in [0.2, 0.25) is 0 Å². The summed E-state index contributed by atoms with van der Waals surface area (Å²) >= 11 is 3.17. The van der Waals surface area contributed by atoms with E-state index in [0.717, 1.165) is 0 Å². The first-order valence-electron chi connectivity index (χ1n) is 4.27. The minimum Gasteiger partial charge on any atom is -0.322 e. The Morgan fingerprint density at radius 1 is 1.50 bits per heavy atom. The summed E-state index contributed by atoms with van der Waals surface area (Å²) in [6.45, 7) is 3.51. The predicted molar refractivity (Wildman–Crippen MR) is 57.6 cm³/mol. The minimum atomic E-state index is -0.437. The summed E-state index contributed by atoms with van der Waals surface area (Å²) in [5.74, 6) is -0.800. The zero-order chi connectivity index (χ0) is 10.7. The molecule has 0 aliphatic carbocycles. The molecule has 76 valence electrons. The SMILES string of the molecule is CC(C)C(=O)Nc1c(F)cccc1Br. The first kappa shape index (κ1) is 11.2. The molecule has 2 nitrogen and oxygen atoms in total. The van der Waals surface area contributed by atoms with E-state index < -0.39 is 5.82 Å². The molecule has 0 radical (unpaired) electrons. The summed E-state index contributed by atoms with van der Waals surface area (Å²) in [6, 6.07) is 4.56. The number of anilines is 1. The number of benzene rings is 1. The van der Waals surface area contributed by atoms with E-state index in [0.29, 0.717) is 4.47 Å². The van der Waals surface area contributed by atoms with Gasteiger partial charge in [-0.15, -0.1) is 0 Å². The molecule has 0 heterocycles. The Kier molecular flexibility index (Phi) is 3.63. The molecular formula is C10H11BrFNO. The number of carbonyl (C=O) groups is 1. The number of amides is 1. The highest BCUT2D eigenvalue weighted by atomic mass is 79.9. The van der Waals surface area contributed by atoms with E-state index in [1.807, 2.05) is 0 Å². The summed E-state index contributed by atoms with van der Waals surface area (Å²) in [5.41, 5.74) is 0.200. The fourth-order valence-corrected chi connectivity index (χ4v) is 1.33. The summed E-state index contributed by atoms with van der Waals surface area (Å²) in [7, 11) is 0. The van der Waals surface area contributed by atoms with Crippen LogP contribution >= 0.6 is 15.9 Å². The van der Waals surface area contributed by atoms with Gasteiger partial charge in [-0.25, -0.2) is 4.39 Å². The third-order valence-electron chi connectivity index (χ3n) is 1.74. The number of hydrogen-bond donors (Lipinski definition) is 1. The summed E-state index contributed by atoms with van der Waals surface area (Å²) in [4.78, 5) is 11.3. The lowest BCUT2D eigenvalue weighted by Crippen LogP contribution is -2.18. The maximum absolute atomic E-state index is 13.2. The van der Waals surface area contributed by atoms with Crippen LogP contribution in [-0.2, 0) is 4.79 Å². The molecule has 0 spiro atoms. The highest BCUT2D eigenvalue weighted by Gasteiger charge is 2.12. The van der Waals surface area contributed by atoms with Crippen LogP contribution in [0, 0.1) is 11.7 Å². The van der Waals surface area contributed by atoms with Crippen molar-refractivity contribution in [3.8, 4) is 0 Å². The van der Waals surface area contributed by atoms with Crippen molar-refractivity contribution in [2.24, 2.45) is 5.92 Å². The molecule has 1 amide bonds. The molecule has 1 rings (SSSR count). The Balaban J connectivity index is 2.91. The summed E-state index contributed by atoms with van der Waals surface area (Å²) < 4.78 is 13.8. The van der Waals surface area contributed by atoms with Crippen LogP contribution in [0.5, 0.6) is 0 Å². The monoisotopic (exact) mass is 259 g/mol. The van der Waals surface area contributed by atoms with Crippen molar-refractivity contribution in [2.45, 2.75) is 13.8 Å². The van der Waals surface area contributed by atoms with Gasteiger partial charge in [0.15, 0.2) is 0 Å². The number of carbonyl (C=O) groups excluding carboxylic acids is 1. The van der Waals surface area contributed by atoms with Gasteiger partial charge in [0.1, 0.15) is 5.82 Å². The maximum Gasteiger partial charge on any atom is 0.227 e. The molecule has 0 aromatic heterocycles. The van der Waals surface area contributed by atoms with Crippen molar-refractivity contribution in [1.29, 1.82) is 0 Å². The van der Waals surface area contributed by atoms with Gasteiger partial charge < -0.3 is 5.32 Å². The summed E-state index contributed by atoms with van der Waals surface area (Å²) in [6.07, 6.45) is 0. The fraction of sp³-hybridized carbons (Fsp3) is 0.300. The molecule has 1 aromatic rings. The van der Waals surface area contributed by atoms with Crippen LogP contribution < -0.4 is 5.32 Å². The van der Waals surface area contributed by atoms with Crippen LogP contribution in [0.1, 0.15) is 13.8 Å². The Hall–Kier alpha value is -0.900. The van der Waals surface area contributed by atoms with E-state index in [1.165, 1.54) is 6.07 Å². The lowest BCUT2D eigenvalue weighted by molar-refractivity contribution is -0.118. The molecule has 14 heavy (non-hydrogen) atoms. The van der Waals surface area contributed by atoms with Gasteiger partial charge in [-0.05, 0) is 28.1 Å². The Labute approximate surface area is 90.6 Å². The zero-order valence-electron chi connectivity index (χ0n) is 7.97. The quantitative estimate of drug-likeness (QED) is 0.869. The predicted octanol–water partition coefficient (Wildman–Crippen LogP) is 3.18. The van der Waals surface area contributed by atoms with E-state index in [9.17, 15) is 9.18 Å². The van der Waals surface area contributed by atoms with Crippen LogP contribution in [0.15, 0.2) is 22.7 Å². The molecule has 0 unspecified atom stereocenters. The van der Waals surface area contributed by atoms with Gasteiger partial charge >= 0.3 is 0 Å². The van der Waals surface area contributed by atoms with Crippen molar-refractivity contribution < 1.29 is 9.18 Å². The van der Waals surface area contributed by atoms with Gasteiger partial charge in [-0.1, -0.05) is 19.9 Å². The van der Waals surface area contributed by atoms with E-state index >= 15 is 0 Å². The molecule has 0 saturated heterocycles. The third kappa shape index (κ3) is 2.54. The van der Waals surface area contributed by atoms with Crippen molar-refractivity contribution in [2.75, 3.05) is 5.32 Å². The molecule has 1 aromatic carbocycles. The van der Waals surface area contributed by atoms with Crippen LogP contribution in [0.3, 0.4) is 0 Å². The number of nitrogens with one attached hydrogen (secondary N) is 1. The standard InChI is InChI=1S/C10H11BrFNO/c1-6(2)10(14)13-9-7(11)4-3-5-8(9)12/h3-6H,1-2H3,(H,13,14). The molecule has 1 N–H and O–H groups in total. The van der Waals surface area contributed by atoms with Crippen molar-refractivity contribution in [3.05, 3.63) is 28.5 Å². The second-order valence-electron chi connectivity index (χ2n) is 3.24. The van der Waals surface area contributed by atoms with Crippen LogP contribution in [-0.4, -0.2) is 5.91 Å². The average Bonchev–Trinajstić information content (AvgIpc) is 2.11. The largest absolute Gasteiger partial charge is 0.322 e. The van der Waals surface area contributed by atoms with E-state index in [4.69, 9.17) is 0 Å². The number of rotatable bonds is 2. The third-order valence-corrected chi connectivity index (χ3v) is 2.40. The topological polar surface area (TPSA) is 29.1 Å². The first-order valence-corrected chi connectivity index (χ1v) is 5.06. The van der Waals surface area contributed by atoms with Gasteiger partial charge in [-0.3, -0.25) is 4.79 Å². The molecule has 0 atom stereocenters. The Morgan fingerprint density at radius 2 is 2.14 bits per heavy atom. The van der Waals surface area contributed by atoms with Crippen LogP contribution in [0.4, 0.5) is 10.1 Å². The molecule has 0 saturated carbocycles. The first-order chi connectivity index (χ1) is 6.52. The molecule has 0 bridgehead atoms. The fourth-order valence-electron chi connectivity index (χ4n) is 0.885. The summed E-state index contributed by atoms with van der Waals surface area (Å²) in [5, 5.41) is 2.52. The highest BCUT2D eigenvalue weighted by molar-refractivity contribution is 9.10. The van der Waals surface area contributed by atoms with Gasteiger partial charge in [0.2, 0.25) is 5.91 Å². The van der Waals surface area contributed by atoms with Crippen molar-refractivity contribution in [3.63, 3.8) is 0 Å². The van der Waals surface area contributed by atoms with E-state index in [-0.39, 0.29) is 17.5 Å². The van der Waals surface area contributed by atoms with Gasteiger partial charge in [0.05, 0.1) is 5.69 Å². The van der Waals surface area contributed by atoms with E-state index in [1.54, 1.807) is 26.0 Å². The van der Waals surface area contributed by atoms with Crippen molar-refractivity contribution >= 4 is 27.5 Å². The Bertz CT molecular complexity index is 332. The number of hydrogen-bond acceptors (Lipinski definition) is 1. The highest BCUT2D eigenvalue weighted by Crippen LogP contribution is 2.25. The molecule has 4 heteroatoms. The lowest BCUT2D eigenvalue weighted by atomic mass is 10.2. The molecule has 0 aliphatic heterocycles. The maximum atomic E-state index is 13.2. The average molecular weight is 260 g/mol.